The third kappa shape index (κ3) is 5.52. The summed E-state index contributed by atoms with van der Waals surface area (Å²) in [5.41, 5.74) is 2.41. The predicted molar refractivity (Wildman–Crippen MR) is 87.3 cm³/mol. The van der Waals surface area contributed by atoms with E-state index in [-0.39, 0.29) is 42.8 Å². The summed E-state index contributed by atoms with van der Waals surface area (Å²) in [5, 5.41) is 5.41. The molecule has 0 saturated carbocycles. The molecule has 130 valence electrons. The Morgan fingerprint density at radius 3 is 2.25 bits per heavy atom. The van der Waals surface area contributed by atoms with Crippen molar-refractivity contribution in [3.63, 3.8) is 0 Å². The Morgan fingerprint density at radius 1 is 1.04 bits per heavy atom. The van der Waals surface area contributed by atoms with Gasteiger partial charge in [0, 0.05) is 12.8 Å². The lowest BCUT2D eigenvalue weighted by molar-refractivity contribution is -0.657. The molecule has 1 aliphatic heterocycles. The Labute approximate surface area is 156 Å². The Morgan fingerprint density at radius 2 is 1.67 bits per heavy atom. The molecule has 24 heavy (non-hydrogen) atoms. The second kappa shape index (κ2) is 10.3. The molecule has 2 atom stereocenters. The van der Waals surface area contributed by atoms with Crippen LogP contribution in [0.4, 0.5) is 0 Å². The largest absolute Gasteiger partial charge is 1.00 e. The summed E-state index contributed by atoms with van der Waals surface area (Å²) in [6, 6.07) is 20.7. The van der Waals surface area contributed by atoms with E-state index >= 15 is 0 Å². The number of halogens is 2. The molecule has 5 heteroatoms. The van der Waals surface area contributed by atoms with Crippen LogP contribution in [0.5, 0.6) is 0 Å². The number of nitrogens with two attached hydrogens (primary N) is 1. The van der Waals surface area contributed by atoms with Crippen LogP contribution in [-0.2, 0) is 11.2 Å². The highest BCUT2D eigenvalue weighted by atomic mass is 35.5. The number of rotatable bonds is 5. The van der Waals surface area contributed by atoms with Gasteiger partial charge >= 0.3 is 0 Å². The van der Waals surface area contributed by atoms with Gasteiger partial charge in [-0.2, -0.15) is 0 Å². The molecule has 0 unspecified atom stereocenters. The van der Waals surface area contributed by atoms with Gasteiger partial charge in [0.1, 0.15) is 0 Å². The van der Waals surface area contributed by atoms with Gasteiger partial charge in [-0.15, -0.1) is 0 Å². The van der Waals surface area contributed by atoms with Crippen LogP contribution in [0.25, 0.3) is 0 Å². The fraction of sp³-hybridized carbons (Fsp3) is 0.316. The summed E-state index contributed by atoms with van der Waals surface area (Å²) in [7, 11) is 0. The van der Waals surface area contributed by atoms with E-state index in [1.165, 1.54) is 5.56 Å². The Hall–Kier alpha value is -1.55. The SMILES string of the molecule is O=C(N[C@@H](Cc1ccccc1)c1ccccc1)[C@@H]1CCC[NH2+]1.[Cl-].[Cl-]. The summed E-state index contributed by atoms with van der Waals surface area (Å²) in [5.74, 6) is 0.169. The zero-order valence-electron chi connectivity index (χ0n) is 13.5. The van der Waals surface area contributed by atoms with Crippen molar-refractivity contribution in [2.75, 3.05) is 6.54 Å². The van der Waals surface area contributed by atoms with Crippen molar-refractivity contribution < 1.29 is 34.9 Å². The Kier molecular flexibility index (Phi) is 8.83. The number of carbonyl (C=O) groups is 1. The average molecular weight is 366 g/mol. The molecule has 1 aliphatic rings. The van der Waals surface area contributed by atoms with Crippen molar-refractivity contribution in [1.29, 1.82) is 0 Å². The van der Waals surface area contributed by atoms with Crippen LogP contribution in [0.2, 0.25) is 0 Å². The predicted octanol–water partition coefficient (Wildman–Crippen LogP) is -4.18. The minimum Gasteiger partial charge on any atom is -1.00 e. The molecule has 1 saturated heterocycles. The summed E-state index contributed by atoms with van der Waals surface area (Å²) >= 11 is 0. The van der Waals surface area contributed by atoms with Gasteiger partial charge in [-0.3, -0.25) is 4.79 Å². The minimum atomic E-state index is 0. The molecular weight excluding hydrogens is 343 g/mol. The maximum absolute atomic E-state index is 12.5. The summed E-state index contributed by atoms with van der Waals surface area (Å²) < 4.78 is 0. The van der Waals surface area contributed by atoms with E-state index in [0.29, 0.717) is 0 Å². The number of quaternary nitrogens is 1. The zero-order chi connectivity index (χ0) is 15.2. The summed E-state index contributed by atoms with van der Waals surface area (Å²) in [4.78, 5) is 12.5. The lowest BCUT2D eigenvalue weighted by Gasteiger charge is -2.20. The Bertz CT molecular complexity index is 601. The molecule has 3 nitrogen and oxygen atoms in total. The van der Waals surface area contributed by atoms with Crippen LogP contribution in [0.1, 0.15) is 30.0 Å². The van der Waals surface area contributed by atoms with Crippen molar-refractivity contribution in [3.05, 3.63) is 71.8 Å². The van der Waals surface area contributed by atoms with Gasteiger partial charge in [-0.05, 0) is 17.5 Å². The lowest BCUT2D eigenvalue weighted by Crippen LogP contribution is -3.00. The molecule has 1 amide bonds. The van der Waals surface area contributed by atoms with Crippen molar-refractivity contribution in [3.8, 4) is 0 Å². The van der Waals surface area contributed by atoms with Crippen LogP contribution >= 0.6 is 0 Å². The molecule has 1 heterocycles. The topological polar surface area (TPSA) is 45.7 Å². The lowest BCUT2D eigenvalue weighted by atomic mass is 9.98. The molecule has 0 radical (unpaired) electrons. The van der Waals surface area contributed by atoms with E-state index in [4.69, 9.17) is 0 Å². The quantitative estimate of drug-likeness (QED) is 0.554. The van der Waals surface area contributed by atoms with Crippen LogP contribution in [0.15, 0.2) is 60.7 Å². The van der Waals surface area contributed by atoms with Gasteiger partial charge in [-0.1, -0.05) is 60.7 Å². The molecule has 0 aliphatic carbocycles. The van der Waals surface area contributed by atoms with Crippen LogP contribution in [-0.4, -0.2) is 18.5 Å². The number of hydrogen-bond acceptors (Lipinski definition) is 1. The average Bonchev–Trinajstić information content (AvgIpc) is 3.11. The van der Waals surface area contributed by atoms with Gasteiger partial charge in [0.15, 0.2) is 6.04 Å². The standard InChI is InChI=1S/C19H22N2O.2ClH/c22-19(17-12-7-13-20-17)21-18(16-10-5-2-6-11-16)14-15-8-3-1-4-9-15;;/h1-6,8-11,17-18,20H,7,12-14H2,(H,21,22);2*1H/p-1/t17-,18-;;/m0../s1. The molecule has 3 rings (SSSR count). The molecule has 0 aromatic heterocycles. The highest BCUT2D eigenvalue weighted by molar-refractivity contribution is 5.80. The highest BCUT2D eigenvalue weighted by Crippen LogP contribution is 2.18. The summed E-state index contributed by atoms with van der Waals surface area (Å²) in [6.07, 6.45) is 2.94. The number of amides is 1. The highest BCUT2D eigenvalue weighted by Gasteiger charge is 2.28. The van der Waals surface area contributed by atoms with Gasteiger partial charge in [0.2, 0.25) is 0 Å². The fourth-order valence-corrected chi connectivity index (χ4v) is 3.08. The first kappa shape index (κ1) is 20.5. The second-order valence-corrected chi connectivity index (χ2v) is 5.93. The van der Waals surface area contributed by atoms with E-state index in [1.54, 1.807) is 0 Å². The smallest absolute Gasteiger partial charge is 0.278 e. The molecule has 2 aromatic rings. The molecular formula is C19H23Cl2N2O-. The van der Waals surface area contributed by atoms with Gasteiger partial charge in [0.25, 0.3) is 5.91 Å². The third-order valence-corrected chi connectivity index (χ3v) is 4.31. The van der Waals surface area contributed by atoms with Crippen LogP contribution < -0.4 is 35.4 Å². The maximum Gasteiger partial charge on any atom is 0.278 e. The number of hydrogen-bond donors (Lipinski definition) is 2. The normalized spacial score (nSPS) is 17.2. The van der Waals surface area contributed by atoms with Crippen molar-refractivity contribution in [2.45, 2.75) is 31.3 Å². The monoisotopic (exact) mass is 365 g/mol. The van der Waals surface area contributed by atoms with Crippen LogP contribution in [0.3, 0.4) is 0 Å². The Balaban J connectivity index is 0.00000144. The number of carbonyl (C=O) groups excluding carboxylic acids is 1. The molecule has 2 aromatic carbocycles. The first-order valence-corrected chi connectivity index (χ1v) is 8.05. The van der Waals surface area contributed by atoms with Gasteiger partial charge in [0.05, 0.1) is 12.6 Å². The van der Waals surface area contributed by atoms with Crippen molar-refractivity contribution in [1.82, 2.24) is 5.32 Å². The molecule has 0 spiro atoms. The zero-order valence-corrected chi connectivity index (χ0v) is 15.0. The summed E-state index contributed by atoms with van der Waals surface area (Å²) in [6.45, 7) is 1.06. The van der Waals surface area contributed by atoms with E-state index in [1.807, 2.05) is 36.4 Å². The second-order valence-electron chi connectivity index (χ2n) is 5.93. The third-order valence-electron chi connectivity index (χ3n) is 4.31. The van der Waals surface area contributed by atoms with E-state index in [0.717, 1.165) is 31.4 Å². The van der Waals surface area contributed by atoms with Crippen molar-refractivity contribution >= 4 is 5.91 Å². The minimum absolute atomic E-state index is 0. The first-order chi connectivity index (χ1) is 10.8. The molecule has 3 N–H and O–H groups in total. The van der Waals surface area contributed by atoms with Crippen LogP contribution in [0, 0.1) is 0 Å². The number of nitrogens with one attached hydrogen (secondary N) is 1. The fourth-order valence-electron chi connectivity index (χ4n) is 3.08. The van der Waals surface area contributed by atoms with Gasteiger partial charge in [-0.25, -0.2) is 0 Å². The maximum atomic E-state index is 12.5. The van der Waals surface area contributed by atoms with Crippen molar-refractivity contribution in [2.24, 2.45) is 0 Å². The van der Waals surface area contributed by atoms with E-state index < -0.39 is 0 Å². The molecule has 0 bridgehead atoms. The first-order valence-electron chi connectivity index (χ1n) is 8.05. The van der Waals surface area contributed by atoms with E-state index in [9.17, 15) is 4.79 Å². The van der Waals surface area contributed by atoms with Gasteiger partial charge < -0.3 is 35.4 Å². The number of benzene rings is 2. The molecule has 1 fully saturated rings. The van der Waals surface area contributed by atoms with E-state index in [2.05, 4.69) is 34.9 Å².